The fraction of sp³-hybridized carbons (Fsp3) is 0.360. The smallest absolute Gasteiger partial charge is 0.368 e. The number of anilines is 1. The molecule has 1 aromatic heterocycles. The second-order valence-corrected chi connectivity index (χ2v) is 9.32. The number of alkyl halides is 3. The number of carbonyl (C=O) groups excluding carboxylic acids is 1. The van der Waals surface area contributed by atoms with Gasteiger partial charge in [0.25, 0.3) is 5.91 Å². The van der Waals surface area contributed by atoms with E-state index < -0.39 is 17.6 Å². The molecule has 0 radical (unpaired) electrons. The third kappa shape index (κ3) is 5.79. The Morgan fingerprint density at radius 3 is 2.53 bits per heavy atom. The lowest BCUT2D eigenvalue weighted by Crippen LogP contribution is -2.47. The molecule has 192 valence electrons. The first-order valence-corrected chi connectivity index (χ1v) is 12.2. The van der Waals surface area contributed by atoms with Gasteiger partial charge in [0.15, 0.2) is 0 Å². The Bertz CT molecular complexity index is 1220. The summed E-state index contributed by atoms with van der Waals surface area (Å²) in [6.07, 6.45) is -3.84. The largest absolute Gasteiger partial charge is 0.417 e. The summed E-state index contributed by atoms with van der Waals surface area (Å²) in [5.41, 5.74) is 0.246. The maximum Gasteiger partial charge on any atom is 0.417 e. The summed E-state index contributed by atoms with van der Waals surface area (Å²) < 4.78 is 45.3. The molecule has 1 aliphatic rings. The van der Waals surface area contributed by atoms with E-state index in [1.807, 2.05) is 12.1 Å². The number of aromatic nitrogens is 1. The van der Waals surface area contributed by atoms with Crippen molar-refractivity contribution in [3.05, 3.63) is 69.4 Å². The van der Waals surface area contributed by atoms with Gasteiger partial charge in [0, 0.05) is 43.9 Å². The number of amides is 1. The maximum absolute atomic E-state index is 13.4. The van der Waals surface area contributed by atoms with Crippen LogP contribution in [0.4, 0.5) is 18.9 Å². The Hall–Kier alpha value is -2.75. The van der Waals surface area contributed by atoms with Crippen molar-refractivity contribution < 1.29 is 22.5 Å². The van der Waals surface area contributed by atoms with Gasteiger partial charge < -0.3 is 14.7 Å². The summed E-state index contributed by atoms with van der Waals surface area (Å²) in [6.45, 7) is 6.03. The van der Waals surface area contributed by atoms with Crippen molar-refractivity contribution in [2.75, 3.05) is 44.2 Å². The standard InChI is InChI=1S/C25H25Cl2F3N4O2/c1-16-22(17-6-2-3-7-18(17)25(28,29)30)32-36-23(16)24(35)31-10-5-11-33-12-14-34(15-13-33)20-9-4-8-19(26)21(20)27/h2-4,6-9H,5,10-15H2,1H3,(H,31,35). The van der Waals surface area contributed by atoms with E-state index in [0.29, 0.717) is 23.0 Å². The summed E-state index contributed by atoms with van der Waals surface area (Å²) in [7, 11) is 0. The van der Waals surface area contributed by atoms with Gasteiger partial charge in [-0.2, -0.15) is 13.2 Å². The van der Waals surface area contributed by atoms with E-state index in [1.54, 1.807) is 6.07 Å². The lowest BCUT2D eigenvalue weighted by atomic mass is 10.0. The van der Waals surface area contributed by atoms with Crippen LogP contribution in [0.15, 0.2) is 47.0 Å². The van der Waals surface area contributed by atoms with Crippen LogP contribution in [0, 0.1) is 6.92 Å². The first kappa shape index (κ1) is 26.3. The molecule has 36 heavy (non-hydrogen) atoms. The molecule has 1 saturated heterocycles. The highest BCUT2D eigenvalue weighted by atomic mass is 35.5. The average Bonchev–Trinajstić information content (AvgIpc) is 3.24. The number of benzene rings is 2. The Labute approximate surface area is 216 Å². The van der Waals surface area contributed by atoms with Crippen molar-refractivity contribution in [2.24, 2.45) is 0 Å². The molecule has 2 aromatic carbocycles. The van der Waals surface area contributed by atoms with Gasteiger partial charge in [-0.3, -0.25) is 9.69 Å². The van der Waals surface area contributed by atoms with Crippen molar-refractivity contribution in [3.63, 3.8) is 0 Å². The molecule has 1 N–H and O–H groups in total. The molecule has 1 aliphatic heterocycles. The molecule has 4 rings (SSSR count). The summed E-state index contributed by atoms with van der Waals surface area (Å²) in [5, 5.41) is 7.63. The molecule has 0 atom stereocenters. The topological polar surface area (TPSA) is 61.6 Å². The van der Waals surface area contributed by atoms with Crippen LogP contribution in [-0.4, -0.2) is 55.2 Å². The van der Waals surface area contributed by atoms with E-state index >= 15 is 0 Å². The summed E-state index contributed by atoms with van der Waals surface area (Å²) >= 11 is 12.5. The zero-order chi connectivity index (χ0) is 25.9. The predicted octanol–water partition coefficient (Wildman–Crippen LogP) is 5.92. The van der Waals surface area contributed by atoms with E-state index in [4.69, 9.17) is 27.7 Å². The monoisotopic (exact) mass is 540 g/mol. The summed E-state index contributed by atoms with van der Waals surface area (Å²) in [6, 6.07) is 10.7. The van der Waals surface area contributed by atoms with Crippen molar-refractivity contribution in [3.8, 4) is 11.3 Å². The van der Waals surface area contributed by atoms with Gasteiger partial charge in [0.1, 0.15) is 5.69 Å². The summed E-state index contributed by atoms with van der Waals surface area (Å²) in [4.78, 5) is 17.1. The Balaban J connectivity index is 1.27. The minimum Gasteiger partial charge on any atom is -0.368 e. The van der Waals surface area contributed by atoms with Crippen molar-refractivity contribution in [1.29, 1.82) is 0 Å². The molecule has 1 amide bonds. The highest BCUT2D eigenvalue weighted by Crippen LogP contribution is 2.38. The van der Waals surface area contributed by atoms with E-state index in [1.165, 1.54) is 25.1 Å². The first-order chi connectivity index (χ1) is 17.2. The molecular weight excluding hydrogens is 516 g/mol. The van der Waals surface area contributed by atoms with Gasteiger partial charge in [-0.15, -0.1) is 0 Å². The van der Waals surface area contributed by atoms with Gasteiger partial charge in [-0.05, 0) is 38.1 Å². The number of rotatable bonds is 7. The van der Waals surface area contributed by atoms with E-state index in [9.17, 15) is 18.0 Å². The number of nitrogens with zero attached hydrogens (tertiary/aromatic N) is 3. The zero-order valence-corrected chi connectivity index (χ0v) is 21.1. The third-order valence-electron chi connectivity index (χ3n) is 6.20. The van der Waals surface area contributed by atoms with Gasteiger partial charge in [-0.25, -0.2) is 0 Å². The van der Waals surface area contributed by atoms with Gasteiger partial charge in [0.05, 0.1) is 21.3 Å². The molecule has 0 bridgehead atoms. The molecule has 11 heteroatoms. The Morgan fingerprint density at radius 2 is 1.81 bits per heavy atom. The normalized spacial score (nSPS) is 14.8. The van der Waals surface area contributed by atoms with Crippen LogP contribution >= 0.6 is 23.2 Å². The number of halogens is 5. The molecule has 0 unspecified atom stereocenters. The van der Waals surface area contributed by atoms with Crippen LogP contribution in [-0.2, 0) is 6.18 Å². The number of piperazine rings is 1. The summed E-state index contributed by atoms with van der Waals surface area (Å²) in [5.74, 6) is -0.592. The van der Waals surface area contributed by atoms with E-state index in [0.717, 1.165) is 44.5 Å². The fourth-order valence-corrected chi connectivity index (χ4v) is 4.68. The Kier molecular flexibility index (Phi) is 8.12. The predicted molar refractivity (Wildman–Crippen MR) is 134 cm³/mol. The third-order valence-corrected chi connectivity index (χ3v) is 7.01. The minimum absolute atomic E-state index is 0.00533. The van der Waals surface area contributed by atoms with Crippen molar-refractivity contribution in [2.45, 2.75) is 19.5 Å². The van der Waals surface area contributed by atoms with Crippen LogP contribution in [0.5, 0.6) is 0 Å². The fourth-order valence-electron chi connectivity index (χ4n) is 4.27. The second-order valence-electron chi connectivity index (χ2n) is 8.54. The highest BCUT2D eigenvalue weighted by Gasteiger charge is 2.35. The van der Waals surface area contributed by atoms with Gasteiger partial charge in [-0.1, -0.05) is 52.6 Å². The number of carbonyl (C=O) groups is 1. The van der Waals surface area contributed by atoms with Gasteiger partial charge in [0.2, 0.25) is 5.76 Å². The van der Waals surface area contributed by atoms with Crippen molar-refractivity contribution in [1.82, 2.24) is 15.4 Å². The lowest BCUT2D eigenvalue weighted by Gasteiger charge is -2.36. The van der Waals surface area contributed by atoms with Crippen molar-refractivity contribution >= 4 is 34.8 Å². The van der Waals surface area contributed by atoms with Crippen LogP contribution in [0.1, 0.15) is 28.1 Å². The van der Waals surface area contributed by atoms with Crippen LogP contribution in [0.2, 0.25) is 10.0 Å². The molecular formula is C25H25Cl2F3N4O2. The second kappa shape index (κ2) is 11.1. The van der Waals surface area contributed by atoms with E-state index in [2.05, 4.69) is 20.3 Å². The quantitative estimate of drug-likeness (QED) is 0.377. The minimum atomic E-state index is -4.55. The molecule has 0 spiro atoms. The lowest BCUT2D eigenvalue weighted by molar-refractivity contribution is -0.137. The van der Waals surface area contributed by atoms with Crippen LogP contribution < -0.4 is 10.2 Å². The molecule has 6 nitrogen and oxygen atoms in total. The zero-order valence-electron chi connectivity index (χ0n) is 19.5. The SMILES string of the molecule is Cc1c(-c2ccccc2C(F)(F)F)noc1C(=O)NCCCN1CCN(c2cccc(Cl)c2Cl)CC1. The maximum atomic E-state index is 13.4. The molecule has 0 saturated carbocycles. The van der Waals surface area contributed by atoms with E-state index in [-0.39, 0.29) is 22.6 Å². The van der Waals surface area contributed by atoms with Gasteiger partial charge >= 0.3 is 6.18 Å². The number of nitrogens with one attached hydrogen (secondary N) is 1. The molecule has 1 fully saturated rings. The molecule has 0 aliphatic carbocycles. The molecule has 3 aromatic rings. The number of hydrogen-bond donors (Lipinski definition) is 1. The molecule has 2 heterocycles. The van der Waals surface area contributed by atoms with Crippen LogP contribution in [0.3, 0.4) is 0 Å². The Morgan fingerprint density at radius 1 is 1.08 bits per heavy atom. The highest BCUT2D eigenvalue weighted by molar-refractivity contribution is 6.43. The first-order valence-electron chi connectivity index (χ1n) is 11.5. The average molecular weight is 541 g/mol. The van der Waals surface area contributed by atoms with Crippen LogP contribution in [0.25, 0.3) is 11.3 Å². The number of hydrogen-bond acceptors (Lipinski definition) is 5.